The smallest absolute Gasteiger partial charge is 0.273 e. The number of nitrogens with one attached hydrogen (secondary N) is 3. The van der Waals surface area contributed by atoms with Gasteiger partial charge in [-0.05, 0) is 43.7 Å². The number of nitro groups is 1. The lowest BCUT2D eigenvalue weighted by molar-refractivity contribution is -0.385. The molecule has 0 aromatic heterocycles. The summed E-state index contributed by atoms with van der Waals surface area (Å²) in [7, 11) is 0. The number of nitro benzene ring substituents is 1. The van der Waals surface area contributed by atoms with E-state index in [9.17, 15) is 24.5 Å². The molecule has 0 saturated carbocycles. The zero-order valence-electron chi connectivity index (χ0n) is 16.9. The summed E-state index contributed by atoms with van der Waals surface area (Å²) in [6.07, 6.45) is 1.19. The highest BCUT2D eigenvalue weighted by molar-refractivity contribution is 5.96. The zero-order chi connectivity index (χ0) is 22.1. The average molecular weight is 412 g/mol. The van der Waals surface area contributed by atoms with Crippen LogP contribution < -0.4 is 16.0 Å². The van der Waals surface area contributed by atoms with Gasteiger partial charge in [0, 0.05) is 48.0 Å². The summed E-state index contributed by atoms with van der Waals surface area (Å²) in [5.41, 5.74) is 1.57. The van der Waals surface area contributed by atoms with Crippen LogP contribution in [-0.4, -0.2) is 35.7 Å². The molecule has 158 valence electrons. The van der Waals surface area contributed by atoms with Crippen molar-refractivity contribution >= 4 is 29.1 Å². The van der Waals surface area contributed by atoms with Crippen LogP contribution in [0.15, 0.2) is 42.5 Å². The monoisotopic (exact) mass is 412 g/mol. The van der Waals surface area contributed by atoms with E-state index >= 15 is 0 Å². The van der Waals surface area contributed by atoms with Crippen molar-refractivity contribution in [3.05, 3.63) is 69.3 Å². The number of rotatable bonds is 9. The van der Waals surface area contributed by atoms with E-state index in [4.69, 9.17) is 0 Å². The Balaban J connectivity index is 1.80. The van der Waals surface area contributed by atoms with Crippen molar-refractivity contribution in [3.63, 3.8) is 0 Å². The minimum absolute atomic E-state index is 0.0793. The van der Waals surface area contributed by atoms with E-state index in [0.29, 0.717) is 23.2 Å². The van der Waals surface area contributed by atoms with E-state index in [0.717, 1.165) is 6.42 Å². The molecule has 0 saturated heterocycles. The summed E-state index contributed by atoms with van der Waals surface area (Å²) in [4.78, 5) is 46.3. The second kappa shape index (κ2) is 10.7. The highest BCUT2D eigenvalue weighted by Gasteiger charge is 2.14. The Morgan fingerprint density at radius 2 is 1.50 bits per heavy atom. The standard InChI is InChI=1S/C21H24N4O5/c1-3-4-19(26)24-17-9-7-15(8-10-17)20(27)22-11-12-23-21(28)16-6-5-14(2)18(13-16)25(29)30/h5-10,13H,3-4,11-12H2,1-2H3,(H,22,27)(H,23,28)(H,24,26). The third kappa shape index (κ3) is 6.40. The van der Waals surface area contributed by atoms with Crippen molar-refractivity contribution in [1.29, 1.82) is 0 Å². The van der Waals surface area contributed by atoms with Crippen molar-refractivity contribution < 1.29 is 19.3 Å². The maximum atomic E-state index is 12.2. The fraction of sp³-hybridized carbons (Fsp3) is 0.286. The maximum absolute atomic E-state index is 12.2. The van der Waals surface area contributed by atoms with Gasteiger partial charge in [-0.3, -0.25) is 24.5 Å². The van der Waals surface area contributed by atoms with Crippen LogP contribution in [0.1, 0.15) is 46.0 Å². The van der Waals surface area contributed by atoms with Gasteiger partial charge in [-0.2, -0.15) is 0 Å². The first kappa shape index (κ1) is 22.5. The maximum Gasteiger partial charge on any atom is 0.273 e. The molecule has 0 heterocycles. The van der Waals surface area contributed by atoms with Crippen molar-refractivity contribution in [3.8, 4) is 0 Å². The fourth-order valence-corrected chi connectivity index (χ4v) is 2.66. The van der Waals surface area contributed by atoms with Gasteiger partial charge >= 0.3 is 0 Å². The van der Waals surface area contributed by atoms with Crippen LogP contribution >= 0.6 is 0 Å². The molecule has 0 spiro atoms. The number of benzene rings is 2. The molecular weight excluding hydrogens is 388 g/mol. The number of anilines is 1. The summed E-state index contributed by atoms with van der Waals surface area (Å²) in [6, 6.07) is 10.7. The van der Waals surface area contributed by atoms with Crippen LogP contribution in [0.3, 0.4) is 0 Å². The van der Waals surface area contributed by atoms with Gasteiger partial charge in [0.2, 0.25) is 5.91 Å². The van der Waals surface area contributed by atoms with Gasteiger partial charge in [0.15, 0.2) is 0 Å². The van der Waals surface area contributed by atoms with Crippen LogP contribution in [-0.2, 0) is 4.79 Å². The van der Waals surface area contributed by atoms with Crippen LogP contribution in [0.4, 0.5) is 11.4 Å². The molecule has 9 heteroatoms. The topological polar surface area (TPSA) is 130 Å². The van der Waals surface area contributed by atoms with Crippen LogP contribution in [0.5, 0.6) is 0 Å². The lowest BCUT2D eigenvalue weighted by Crippen LogP contribution is -2.34. The molecule has 0 bridgehead atoms. The second-order valence-corrected chi connectivity index (χ2v) is 6.65. The molecule has 0 aliphatic rings. The van der Waals surface area contributed by atoms with Gasteiger partial charge in [-0.1, -0.05) is 13.0 Å². The summed E-state index contributed by atoms with van der Waals surface area (Å²) in [5, 5.41) is 19.0. The van der Waals surface area contributed by atoms with Gasteiger partial charge in [0.1, 0.15) is 0 Å². The third-order valence-electron chi connectivity index (χ3n) is 4.27. The van der Waals surface area contributed by atoms with Gasteiger partial charge in [0.05, 0.1) is 4.92 Å². The SMILES string of the molecule is CCCC(=O)Nc1ccc(C(=O)NCCNC(=O)c2ccc(C)c([N+](=O)[O-])c2)cc1. The number of carbonyl (C=O) groups excluding carboxylic acids is 3. The first-order valence-corrected chi connectivity index (χ1v) is 9.53. The first-order chi connectivity index (χ1) is 14.3. The number of amides is 3. The van der Waals surface area contributed by atoms with Crippen molar-refractivity contribution in [2.24, 2.45) is 0 Å². The average Bonchev–Trinajstić information content (AvgIpc) is 2.71. The Kier molecular flexibility index (Phi) is 8.04. The number of aryl methyl sites for hydroxylation is 1. The number of nitrogens with zero attached hydrogens (tertiary/aromatic N) is 1. The minimum Gasteiger partial charge on any atom is -0.350 e. The van der Waals surface area contributed by atoms with Gasteiger partial charge in [-0.25, -0.2) is 0 Å². The lowest BCUT2D eigenvalue weighted by atomic mass is 10.1. The Hall–Kier alpha value is -3.75. The molecule has 30 heavy (non-hydrogen) atoms. The summed E-state index contributed by atoms with van der Waals surface area (Å²) >= 11 is 0. The molecule has 0 radical (unpaired) electrons. The molecule has 0 atom stereocenters. The highest BCUT2D eigenvalue weighted by Crippen LogP contribution is 2.19. The zero-order valence-corrected chi connectivity index (χ0v) is 16.9. The van der Waals surface area contributed by atoms with E-state index in [-0.39, 0.29) is 36.2 Å². The minimum atomic E-state index is -0.535. The Labute approximate surface area is 174 Å². The molecule has 2 aromatic carbocycles. The summed E-state index contributed by atoms with van der Waals surface area (Å²) in [6.45, 7) is 3.87. The molecule has 9 nitrogen and oxygen atoms in total. The Morgan fingerprint density at radius 1 is 0.933 bits per heavy atom. The van der Waals surface area contributed by atoms with E-state index in [1.807, 2.05) is 6.92 Å². The van der Waals surface area contributed by atoms with E-state index in [1.54, 1.807) is 31.2 Å². The summed E-state index contributed by atoms with van der Waals surface area (Å²) in [5.74, 6) is -0.856. The van der Waals surface area contributed by atoms with E-state index in [2.05, 4.69) is 16.0 Å². The van der Waals surface area contributed by atoms with E-state index < -0.39 is 10.8 Å². The predicted molar refractivity (Wildman–Crippen MR) is 112 cm³/mol. The first-order valence-electron chi connectivity index (χ1n) is 9.53. The molecule has 0 unspecified atom stereocenters. The molecular formula is C21H24N4O5. The Bertz CT molecular complexity index is 941. The predicted octanol–water partition coefficient (Wildman–Crippen LogP) is 2.80. The molecule has 0 aliphatic heterocycles. The molecule has 2 rings (SSSR count). The second-order valence-electron chi connectivity index (χ2n) is 6.65. The molecule has 0 fully saturated rings. The third-order valence-corrected chi connectivity index (χ3v) is 4.27. The van der Waals surface area contributed by atoms with Gasteiger partial charge in [-0.15, -0.1) is 0 Å². The lowest BCUT2D eigenvalue weighted by Gasteiger charge is -2.09. The van der Waals surface area contributed by atoms with Crippen LogP contribution in [0.2, 0.25) is 0 Å². The highest BCUT2D eigenvalue weighted by atomic mass is 16.6. The number of hydrogen-bond acceptors (Lipinski definition) is 5. The van der Waals surface area contributed by atoms with E-state index in [1.165, 1.54) is 18.2 Å². The number of hydrogen-bond donors (Lipinski definition) is 3. The van der Waals surface area contributed by atoms with Gasteiger partial charge in [0.25, 0.3) is 17.5 Å². The van der Waals surface area contributed by atoms with Crippen LogP contribution in [0.25, 0.3) is 0 Å². The summed E-state index contributed by atoms with van der Waals surface area (Å²) < 4.78 is 0. The van der Waals surface area contributed by atoms with Crippen LogP contribution in [0, 0.1) is 17.0 Å². The van der Waals surface area contributed by atoms with Crippen molar-refractivity contribution in [1.82, 2.24) is 10.6 Å². The molecule has 2 aromatic rings. The molecule has 3 amide bonds. The molecule has 0 aliphatic carbocycles. The van der Waals surface area contributed by atoms with Crippen molar-refractivity contribution in [2.75, 3.05) is 18.4 Å². The largest absolute Gasteiger partial charge is 0.350 e. The normalized spacial score (nSPS) is 10.2. The quantitative estimate of drug-likeness (QED) is 0.331. The Morgan fingerprint density at radius 3 is 2.07 bits per heavy atom. The number of carbonyl (C=O) groups is 3. The van der Waals surface area contributed by atoms with Gasteiger partial charge < -0.3 is 16.0 Å². The van der Waals surface area contributed by atoms with Crippen molar-refractivity contribution in [2.45, 2.75) is 26.7 Å². The fourth-order valence-electron chi connectivity index (χ4n) is 2.66. The molecule has 3 N–H and O–H groups in total.